The van der Waals surface area contributed by atoms with Crippen LogP contribution in [0, 0.1) is 0 Å². The fraction of sp³-hybridized carbons (Fsp3) is 0.333. The summed E-state index contributed by atoms with van der Waals surface area (Å²) in [6.45, 7) is 2.42. The van der Waals surface area contributed by atoms with Crippen molar-refractivity contribution in [1.29, 1.82) is 0 Å². The first-order valence-corrected chi connectivity index (χ1v) is 8.17. The van der Waals surface area contributed by atoms with Crippen molar-refractivity contribution in [3.05, 3.63) is 35.1 Å². The Balaban J connectivity index is 2.22. The minimum atomic E-state index is -3.91. The van der Waals surface area contributed by atoms with Crippen LogP contribution in [-0.4, -0.2) is 23.2 Å². The molecule has 0 aliphatic carbocycles. The zero-order valence-electron chi connectivity index (χ0n) is 11.4. The van der Waals surface area contributed by atoms with Gasteiger partial charge in [-0.05, 0) is 24.6 Å². The van der Waals surface area contributed by atoms with Crippen LogP contribution in [0.3, 0.4) is 0 Å². The Labute approximate surface area is 127 Å². The molecule has 21 heavy (non-hydrogen) atoms. The summed E-state index contributed by atoms with van der Waals surface area (Å²) in [4.78, 5) is 0. The number of nitrogens with two attached hydrogens (primary N) is 1. The number of primary sulfonamides is 1. The van der Waals surface area contributed by atoms with Crippen molar-refractivity contribution in [2.45, 2.75) is 31.7 Å². The lowest BCUT2D eigenvalue weighted by molar-refractivity contribution is 0.287. The van der Waals surface area contributed by atoms with E-state index in [1.165, 1.54) is 4.57 Å². The van der Waals surface area contributed by atoms with E-state index in [0.29, 0.717) is 29.6 Å². The number of halogens is 1. The van der Waals surface area contributed by atoms with E-state index in [1.807, 2.05) is 6.92 Å². The maximum absolute atomic E-state index is 11.5. The monoisotopic (exact) mass is 330 g/mol. The molecule has 0 fully saturated rings. The standard InChI is InChI=1S/C12H15ClN4O3S/c1-2-6-17-11(15-16-12(17)21(14,18)19)8-20-10-5-3-4-9(13)7-10/h3-5,7H,2,6,8H2,1H3,(H2,14,18,19). The lowest BCUT2D eigenvalue weighted by Gasteiger charge is -2.09. The summed E-state index contributed by atoms with van der Waals surface area (Å²) < 4.78 is 29.9. The SMILES string of the molecule is CCCn1c(COc2cccc(Cl)c2)nnc1S(N)(=O)=O. The molecule has 9 heteroatoms. The minimum Gasteiger partial charge on any atom is -0.486 e. The molecule has 0 amide bonds. The Morgan fingerprint density at radius 2 is 2.14 bits per heavy atom. The van der Waals surface area contributed by atoms with Crippen LogP contribution in [0.25, 0.3) is 0 Å². The third-order valence-corrected chi connectivity index (χ3v) is 3.71. The van der Waals surface area contributed by atoms with Gasteiger partial charge in [0.25, 0.3) is 15.2 Å². The largest absolute Gasteiger partial charge is 0.486 e. The lowest BCUT2D eigenvalue weighted by Crippen LogP contribution is -2.20. The molecule has 0 radical (unpaired) electrons. The first kappa shape index (κ1) is 15.7. The topological polar surface area (TPSA) is 100 Å². The Morgan fingerprint density at radius 1 is 1.38 bits per heavy atom. The smallest absolute Gasteiger partial charge is 0.273 e. The van der Waals surface area contributed by atoms with Gasteiger partial charge in [0.2, 0.25) is 0 Å². The number of sulfonamides is 1. The molecule has 0 saturated carbocycles. The maximum Gasteiger partial charge on any atom is 0.273 e. The van der Waals surface area contributed by atoms with Gasteiger partial charge in [-0.2, -0.15) is 0 Å². The molecule has 2 aromatic rings. The summed E-state index contributed by atoms with van der Waals surface area (Å²) in [5.41, 5.74) is 0. The molecule has 1 aromatic heterocycles. The number of nitrogens with zero attached hydrogens (tertiary/aromatic N) is 3. The first-order valence-electron chi connectivity index (χ1n) is 6.25. The molecule has 0 atom stereocenters. The van der Waals surface area contributed by atoms with E-state index < -0.39 is 10.0 Å². The van der Waals surface area contributed by atoms with Gasteiger partial charge < -0.3 is 4.74 Å². The van der Waals surface area contributed by atoms with Crippen molar-refractivity contribution in [2.24, 2.45) is 5.14 Å². The highest BCUT2D eigenvalue weighted by molar-refractivity contribution is 7.89. The highest BCUT2D eigenvalue weighted by Gasteiger charge is 2.20. The third-order valence-electron chi connectivity index (χ3n) is 2.66. The average Bonchev–Trinajstić information content (AvgIpc) is 2.80. The number of rotatable bonds is 6. The Morgan fingerprint density at radius 3 is 2.76 bits per heavy atom. The van der Waals surface area contributed by atoms with Crippen molar-refractivity contribution in [3.63, 3.8) is 0 Å². The molecule has 0 aliphatic rings. The van der Waals surface area contributed by atoms with Crippen LogP contribution in [0.15, 0.2) is 29.4 Å². The van der Waals surface area contributed by atoms with E-state index in [0.717, 1.165) is 0 Å². The number of hydrogen-bond acceptors (Lipinski definition) is 5. The van der Waals surface area contributed by atoms with Crippen LogP contribution in [0.2, 0.25) is 5.02 Å². The normalized spacial score (nSPS) is 11.6. The second kappa shape index (κ2) is 6.42. The van der Waals surface area contributed by atoms with E-state index in [1.54, 1.807) is 24.3 Å². The number of aromatic nitrogens is 3. The minimum absolute atomic E-state index is 0.0723. The summed E-state index contributed by atoms with van der Waals surface area (Å²) in [6.07, 6.45) is 0.713. The Kier molecular flexibility index (Phi) is 4.81. The summed E-state index contributed by atoms with van der Waals surface area (Å²) in [5.74, 6) is 0.951. The van der Waals surface area contributed by atoms with Gasteiger partial charge in [-0.15, -0.1) is 10.2 Å². The van der Waals surface area contributed by atoms with E-state index in [4.69, 9.17) is 21.5 Å². The van der Waals surface area contributed by atoms with Crippen LogP contribution < -0.4 is 9.88 Å². The van der Waals surface area contributed by atoms with Crippen LogP contribution in [0.1, 0.15) is 19.2 Å². The quantitative estimate of drug-likeness (QED) is 0.866. The zero-order valence-corrected chi connectivity index (χ0v) is 12.9. The lowest BCUT2D eigenvalue weighted by atomic mass is 10.3. The number of benzene rings is 1. The second-order valence-corrected chi connectivity index (χ2v) is 6.23. The predicted octanol–water partition coefficient (Wildman–Crippen LogP) is 1.57. The van der Waals surface area contributed by atoms with Gasteiger partial charge in [-0.25, -0.2) is 13.6 Å². The van der Waals surface area contributed by atoms with Gasteiger partial charge in [0.1, 0.15) is 12.4 Å². The van der Waals surface area contributed by atoms with Gasteiger partial charge >= 0.3 is 0 Å². The van der Waals surface area contributed by atoms with Crippen molar-refractivity contribution in [3.8, 4) is 5.75 Å². The van der Waals surface area contributed by atoms with Crippen LogP contribution >= 0.6 is 11.6 Å². The molecule has 2 rings (SSSR count). The van der Waals surface area contributed by atoms with Crippen molar-refractivity contribution in [2.75, 3.05) is 0 Å². The molecule has 0 aliphatic heterocycles. The molecular formula is C12H15ClN4O3S. The predicted molar refractivity (Wildman–Crippen MR) is 77.5 cm³/mol. The molecule has 114 valence electrons. The van der Waals surface area contributed by atoms with Crippen molar-refractivity contribution >= 4 is 21.6 Å². The van der Waals surface area contributed by atoms with E-state index >= 15 is 0 Å². The van der Waals surface area contributed by atoms with Crippen molar-refractivity contribution < 1.29 is 13.2 Å². The summed E-state index contributed by atoms with van der Waals surface area (Å²) in [6, 6.07) is 6.88. The fourth-order valence-electron chi connectivity index (χ4n) is 1.79. The van der Waals surface area contributed by atoms with Crippen molar-refractivity contribution in [1.82, 2.24) is 14.8 Å². The molecule has 0 saturated heterocycles. The number of ether oxygens (including phenoxy) is 1. The summed E-state index contributed by atoms with van der Waals surface area (Å²) >= 11 is 5.86. The summed E-state index contributed by atoms with van der Waals surface area (Å²) in [5, 5.41) is 12.9. The highest BCUT2D eigenvalue weighted by Crippen LogP contribution is 2.18. The summed E-state index contributed by atoms with van der Waals surface area (Å²) in [7, 11) is -3.91. The molecule has 0 bridgehead atoms. The Hall–Kier alpha value is -1.64. The fourth-order valence-corrected chi connectivity index (χ4v) is 2.63. The van der Waals surface area contributed by atoms with E-state index in [2.05, 4.69) is 10.2 Å². The average molecular weight is 331 g/mol. The second-order valence-electron chi connectivity index (χ2n) is 4.34. The molecular weight excluding hydrogens is 316 g/mol. The van der Waals surface area contributed by atoms with E-state index in [9.17, 15) is 8.42 Å². The third kappa shape index (κ3) is 3.93. The van der Waals surface area contributed by atoms with Gasteiger partial charge in [0.05, 0.1) is 0 Å². The maximum atomic E-state index is 11.5. The molecule has 0 spiro atoms. The Bertz CT molecular complexity index is 730. The van der Waals surface area contributed by atoms with Gasteiger partial charge in [0, 0.05) is 11.6 Å². The zero-order chi connectivity index (χ0) is 15.5. The van der Waals surface area contributed by atoms with Gasteiger partial charge in [-0.3, -0.25) is 4.57 Å². The van der Waals surface area contributed by atoms with Crippen LogP contribution in [-0.2, 0) is 23.2 Å². The van der Waals surface area contributed by atoms with E-state index in [-0.39, 0.29) is 11.8 Å². The molecule has 0 unspecified atom stereocenters. The van der Waals surface area contributed by atoms with Gasteiger partial charge in [-0.1, -0.05) is 24.6 Å². The molecule has 2 N–H and O–H groups in total. The van der Waals surface area contributed by atoms with Crippen LogP contribution in [0.4, 0.5) is 0 Å². The number of hydrogen-bond donors (Lipinski definition) is 1. The molecule has 7 nitrogen and oxygen atoms in total. The molecule has 1 heterocycles. The van der Waals surface area contributed by atoms with Crippen LogP contribution in [0.5, 0.6) is 5.75 Å². The van der Waals surface area contributed by atoms with Gasteiger partial charge in [0.15, 0.2) is 5.82 Å². The first-order chi connectivity index (χ1) is 9.91. The highest BCUT2D eigenvalue weighted by atomic mass is 35.5. The molecule has 1 aromatic carbocycles.